The Morgan fingerprint density at radius 1 is 1.11 bits per heavy atom. The van der Waals surface area contributed by atoms with E-state index in [9.17, 15) is 0 Å². The summed E-state index contributed by atoms with van der Waals surface area (Å²) in [6.45, 7) is 5.80. The highest BCUT2D eigenvalue weighted by Crippen LogP contribution is 1.99. The zero-order valence-corrected chi connectivity index (χ0v) is 11.5. The van der Waals surface area contributed by atoms with E-state index in [1.807, 2.05) is 6.92 Å². The van der Waals surface area contributed by atoms with Crippen molar-refractivity contribution in [2.45, 2.75) is 45.3 Å². The van der Waals surface area contributed by atoms with Gasteiger partial charge in [0.15, 0.2) is 6.29 Å². The van der Waals surface area contributed by atoms with Gasteiger partial charge in [-0.05, 0) is 45.7 Å². The average Bonchev–Trinajstić information content (AvgIpc) is 2.38. The van der Waals surface area contributed by atoms with E-state index in [2.05, 4.69) is 11.4 Å². The van der Waals surface area contributed by atoms with Gasteiger partial charge in [-0.25, -0.2) is 0 Å². The van der Waals surface area contributed by atoms with Crippen LogP contribution in [0.1, 0.15) is 39.0 Å². The predicted octanol–water partition coefficient (Wildman–Crippen LogP) is 1.39. The number of hydrogen-bond donors (Lipinski definition) is 2. The Kier molecular flexibility index (Phi) is 13.9. The topological polar surface area (TPSA) is 80.3 Å². The lowest BCUT2D eigenvalue weighted by molar-refractivity contribution is -0.131. The summed E-state index contributed by atoms with van der Waals surface area (Å²) >= 11 is 0. The highest BCUT2D eigenvalue weighted by atomic mass is 16.7. The zero-order chi connectivity index (χ0) is 13.5. The number of nitriles is 1. The standard InChI is InChI=1S/C13H27N3O2/c1-13(17-11-4-2-7-14)18-12-5-3-9-16-10-6-8-15/h13,16H,2-7,9-12,14H2,1H3. The van der Waals surface area contributed by atoms with Gasteiger partial charge >= 0.3 is 0 Å². The number of nitrogens with one attached hydrogen (secondary N) is 1. The number of unbranched alkanes of at least 4 members (excludes halogenated alkanes) is 2. The van der Waals surface area contributed by atoms with Crippen molar-refractivity contribution in [2.75, 3.05) is 32.8 Å². The maximum atomic E-state index is 8.34. The molecule has 0 heterocycles. The summed E-state index contributed by atoms with van der Waals surface area (Å²) in [7, 11) is 0. The second-order valence-electron chi connectivity index (χ2n) is 4.17. The van der Waals surface area contributed by atoms with Crippen LogP contribution in [0, 0.1) is 11.3 Å². The minimum Gasteiger partial charge on any atom is -0.353 e. The highest BCUT2D eigenvalue weighted by Gasteiger charge is 2.00. The SMILES string of the molecule is CC(OCCCCN)OCCCCNCCC#N. The molecule has 5 heteroatoms. The van der Waals surface area contributed by atoms with Crippen molar-refractivity contribution in [1.82, 2.24) is 5.32 Å². The van der Waals surface area contributed by atoms with Crippen LogP contribution in [0.3, 0.4) is 0 Å². The lowest BCUT2D eigenvalue weighted by atomic mass is 10.3. The quantitative estimate of drug-likeness (QED) is 0.385. The molecule has 0 amide bonds. The van der Waals surface area contributed by atoms with Crippen LogP contribution in [0.4, 0.5) is 0 Å². The van der Waals surface area contributed by atoms with Gasteiger partial charge in [0.05, 0.1) is 6.07 Å². The van der Waals surface area contributed by atoms with E-state index in [0.29, 0.717) is 13.0 Å². The molecular formula is C13H27N3O2. The van der Waals surface area contributed by atoms with Gasteiger partial charge in [0, 0.05) is 26.2 Å². The molecule has 0 aromatic carbocycles. The first-order valence-electron chi connectivity index (χ1n) is 6.82. The second-order valence-corrected chi connectivity index (χ2v) is 4.17. The summed E-state index contributed by atoms with van der Waals surface area (Å²) in [6, 6.07) is 2.10. The van der Waals surface area contributed by atoms with E-state index in [0.717, 1.165) is 51.9 Å². The Balaban J connectivity index is 3.10. The van der Waals surface area contributed by atoms with Gasteiger partial charge < -0.3 is 20.5 Å². The summed E-state index contributed by atoms with van der Waals surface area (Å²) in [6.07, 6.45) is 4.51. The van der Waals surface area contributed by atoms with Crippen LogP contribution in [0.25, 0.3) is 0 Å². The van der Waals surface area contributed by atoms with Gasteiger partial charge in [0.25, 0.3) is 0 Å². The number of ether oxygens (including phenoxy) is 2. The first-order valence-corrected chi connectivity index (χ1v) is 6.82. The second kappa shape index (κ2) is 14.4. The molecule has 0 saturated heterocycles. The third-order valence-electron chi connectivity index (χ3n) is 2.47. The molecule has 0 aromatic heterocycles. The van der Waals surface area contributed by atoms with Crippen molar-refractivity contribution in [1.29, 1.82) is 5.26 Å². The van der Waals surface area contributed by atoms with Crippen LogP contribution < -0.4 is 11.1 Å². The molecule has 0 spiro atoms. The minimum absolute atomic E-state index is 0.130. The van der Waals surface area contributed by atoms with Gasteiger partial charge in [-0.15, -0.1) is 0 Å². The van der Waals surface area contributed by atoms with Gasteiger partial charge in [-0.1, -0.05) is 0 Å². The fourth-order valence-electron chi connectivity index (χ4n) is 1.41. The Morgan fingerprint density at radius 3 is 2.39 bits per heavy atom. The summed E-state index contributed by atoms with van der Waals surface area (Å²) in [5.74, 6) is 0. The first-order chi connectivity index (χ1) is 8.81. The molecule has 0 saturated carbocycles. The van der Waals surface area contributed by atoms with E-state index >= 15 is 0 Å². The monoisotopic (exact) mass is 257 g/mol. The smallest absolute Gasteiger partial charge is 0.154 e. The molecule has 106 valence electrons. The van der Waals surface area contributed by atoms with Crippen LogP contribution in [0.5, 0.6) is 0 Å². The average molecular weight is 257 g/mol. The fraction of sp³-hybridized carbons (Fsp3) is 0.923. The van der Waals surface area contributed by atoms with Crippen LogP contribution in [0.2, 0.25) is 0 Å². The zero-order valence-electron chi connectivity index (χ0n) is 11.5. The van der Waals surface area contributed by atoms with Crippen LogP contribution >= 0.6 is 0 Å². The molecule has 5 nitrogen and oxygen atoms in total. The summed E-state index contributed by atoms with van der Waals surface area (Å²) in [5.41, 5.74) is 5.39. The van der Waals surface area contributed by atoms with Crippen molar-refractivity contribution in [3.8, 4) is 6.07 Å². The normalized spacial score (nSPS) is 12.3. The Bertz CT molecular complexity index is 207. The molecule has 1 atom stereocenters. The molecule has 0 aromatic rings. The molecule has 0 aliphatic carbocycles. The molecule has 0 rings (SSSR count). The van der Waals surface area contributed by atoms with Crippen LogP contribution in [-0.2, 0) is 9.47 Å². The van der Waals surface area contributed by atoms with Crippen molar-refractivity contribution >= 4 is 0 Å². The third-order valence-corrected chi connectivity index (χ3v) is 2.47. The molecule has 0 aliphatic heterocycles. The van der Waals surface area contributed by atoms with E-state index in [1.165, 1.54) is 0 Å². The predicted molar refractivity (Wildman–Crippen MR) is 72.0 cm³/mol. The van der Waals surface area contributed by atoms with Crippen molar-refractivity contribution in [3.05, 3.63) is 0 Å². The van der Waals surface area contributed by atoms with E-state index in [-0.39, 0.29) is 6.29 Å². The third kappa shape index (κ3) is 13.4. The van der Waals surface area contributed by atoms with Gasteiger partial charge in [-0.2, -0.15) is 5.26 Å². The number of hydrogen-bond acceptors (Lipinski definition) is 5. The minimum atomic E-state index is -0.130. The Labute approximate surface area is 111 Å². The van der Waals surface area contributed by atoms with Gasteiger partial charge in [0.2, 0.25) is 0 Å². The Hall–Kier alpha value is -0.670. The fourth-order valence-corrected chi connectivity index (χ4v) is 1.41. The van der Waals surface area contributed by atoms with E-state index in [1.54, 1.807) is 0 Å². The van der Waals surface area contributed by atoms with Gasteiger partial charge in [-0.3, -0.25) is 0 Å². The Morgan fingerprint density at radius 2 is 1.78 bits per heavy atom. The maximum absolute atomic E-state index is 8.34. The molecule has 0 radical (unpaired) electrons. The molecule has 0 aliphatic rings. The molecule has 3 N–H and O–H groups in total. The first kappa shape index (κ1) is 17.3. The van der Waals surface area contributed by atoms with Crippen LogP contribution in [-0.4, -0.2) is 39.1 Å². The number of nitrogens with two attached hydrogens (primary N) is 1. The molecule has 0 fully saturated rings. The van der Waals surface area contributed by atoms with Crippen molar-refractivity contribution in [2.24, 2.45) is 5.73 Å². The van der Waals surface area contributed by atoms with Crippen LogP contribution in [0.15, 0.2) is 0 Å². The molecule has 1 unspecified atom stereocenters. The maximum Gasteiger partial charge on any atom is 0.154 e. The lowest BCUT2D eigenvalue weighted by Crippen LogP contribution is -2.18. The van der Waals surface area contributed by atoms with Crippen molar-refractivity contribution in [3.63, 3.8) is 0 Å². The van der Waals surface area contributed by atoms with E-state index in [4.69, 9.17) is 20.5 Å². The van der Waals surface area contributed by atoms with Crippen molar-refractivity contribution < 1.29 is 9.47 Å². The van der Waals surface area contributed by atoms with Gasteiger partial charge in [0.1, 0.15) is 0 Å². The summed E-state index contributed by atoms with van der Waals surface area (Å²) in [4.78, 5) is 0. The lowest BCUT2D eigenvalue weighted by Gasteiger charge is -2.13. The number of nitrogens with zero attached hydrogens (tertiary/aromatic N) is 1. The molecular weight excluding hydrogens is 230 g/mol. The van der Waals surface area contributed by atoms with E-state index < -0.39 is 0 Å². The highest BCUT2D eigenvalue weighted by molar-refractivity contribution is 4.69. The molecule has 0 bridgehead atoms. The molecule has 18 heavy (non-hydrogen) atoms. The summed E-state index contributed by atoms with van der Waals surface area (Å²) in [5, 5.41) is 11.5. The largest absolute Gasteiger partial charge is 0.353 e. The summed E-state index contributed by atoms with van der Waals surface area (Å²) < 4.78 is 11.0. The number of rotatable bonds is 13.